The summed E-state index contributed by atoms with van der Waals surface area (Å²) >= 11 is 0. The molecule has 0 bridgehead atoms. The smallest absolute Gasteiger partial charge is 0.267 e. The Hall–Kier alpha value is -0.170. The van der Waals surface area contributed by atoms with Gasteiger partial charge in [0.15, 0.2) is 0 Å². The molecule has 0 rings (SSSR count). The highest BCUT2D eigenvalue weighted by Gasteiger charge is 2.12. The maximum absolute atomic E-state index is 10.1. The predicted octanol–water partition coefficient (Wildman–Crippen LogP) is -1.12. The molecule has 0 aromatic rings. The summed E-state index contributed by atoms with van der Waals surface area (Å²) in [5.74, 6) is -0.680. The number of hydrogen-bond acceptors (Lipinski definition) is 4. The van der Waals surface area contributed by atoms with E-state index in [1.807, 2.05) is 0 Å². The monoisotopic (exact) mass is 170 g/mol. The Morgan fingerprint density at radius 1 is 1.60 bits per heavy atom. The molecule has 0 spiro atoms. The molecule has 0 aliphatic carbocycles. The fraction of sp³-hybridized carbons (Fsp3) is 1.00. The van der Waals surface area contributed by atoms with Gasteiger partial charge < -0.3 is 9.84 Å². The Morgan fingerprint density at radius 3 is 2.40 bits per heavy atom. The molecule has 6 heteroatoms. The molecular formula is C4H10O5S. The van der Waals surface area contributed by atoms with E-state index in [1.165, 1.54) is 7.11 Å². The van der Waals surface area contributed by atoms with E-state index in [0.29, 0.717) is 0 Å². The van der Waals surface area contributed by atoms with Crippen LogP contribution in [0.2, 0.25) is 0 Å². The lowest BCUT2D eigenvalue weighted by atomic mass is 10.4. The molecule has 0 saturated carbocycles. The average molecular weight is 170 g/mol. The fourth-order valence-electron chi connectivity index (χ4n) is 0.484. The van der Waals surface area contributed by atoms with E-state index in [4.69, 9.17) is 9.66 Å². The summed E-state index contributed by atoms with van der Waals surface area (Å²) < 4.78 is 32.7. The van der Waals surface area contributed by atoms with Gasteiger partial charge in [0.25, 0.3) is 10.1 Å². The average Bonchev–Trinajstić information content (AvgIpc) is 1.59. The van der Waals surface area contributed by atoms with Crippen LogP contribution in [0, 0.1) is 0 Å². The van der Waals surface area contributed by atoms with E-state index in [0.717, 1.165) is 0 Å². The summed E-state index contributed by atoms with van der Waals surface area (Å²) in [5.41, 5.74) is 0. The first kappa shape index (κ1) is 9.83. The van der Waals surface area contributed by atoms with Crippen molar-refractivity contribution in [2.45, 2.75) is 6.10 Å². The summed E-state index contributed by atoms with van der Waals surface area (Å²) in [4.78, 5) is 0. The molecule has 0 unspecified atom stereocenters. The van der Waals surface area contributed by atoms with Crippen LogP contribution < -0.4 is 0 Å². The summed E-state index contributed by atoms with van der Waals surface area (Å²) in [7, 11) is -2.75. The topological polar surface area (TPSA) is 83.8 Å². The maximum Gasteiger partial charge on any atom is 0.267 e. The molecule has 2 N–H and O–H groups in total. The third-order valence-corrected chi connectivity index (χ3v) is 1.57. The Kier molecular flexibility index (Phi) is 3.80. The molecule has 0 aliphatic heterocycles. The minimum Gasteiger partial charge on any atom is -0.390 e. The minimum absolute atomic E-state index is 0.0974. The second-order valence-corrected chi connectivity index (χ2v) is 3.35. The van der Waals surface area contributed by atoms with Crippen LogP contribution in [-0.2, 0) is 14.9 Å². The Balaban J connectivity index is 3.69. The number of methoxy groups -OCH3 is 1. The molecule has 0 aliphatic rings. The van der Waals surface area contributed by atoms with E-state index >= 15 is 0 Å². The van der Waals surface area contributed by atoms with Crippen LogP contribution in [0.15, 0.2) is 0 Å². The molecule has 10 heavy (non-hydrogen) atoms. The van der Waals surface area contributed by atoms with Crippen LogP contribution in [-0.4, -0.2) is 43.7 Å². The highest BCUT2D eigenvalue weighted by atomic mass is 32.2. The molecule has 0 aromatic carbocycles. The van der Waals surface area contributed by atoms with Crippen LogP contribution in [0.5, 0.6) is 0 Å². The standard InChI is InChI=1S/C4H10O5S/c1-9-2-4(5)3-10(6,7)8/h4-5H,2-3H2,1H3,(H,6,7,8)/t4-/m0/s1. The predicted molar refractivity (Wildman–Crippen MR) is 34.3 cm³/mol. The third-order valence-electron chi connectivity index (χ3n) is 0.762. The van der Waals surface area contributed by atoms with Crippen LogP contribution >= 0.6 is 0 Å². The van der Waals surface area contributed by atoms with Crippen LogP contribution in [0.1, 0.15) is 0 Å². The van der Waals surface area contributed by atoms with Crippen molar-refractivity contribution in [1.29, 1.82) is 0 Å². The zero-order valence-corrected chi connectivity index (χ0v) is 6.34. The van der Waals surface area contributed by atoms with Crippen molar-refractivity contribution >= 4 is 10.1 Å². The Labute approximate surface area is 59.4 Å². The molecule has 5 nitrogen and oxygen atoms in total. The quantitative estimate of drug-likeness (QED) is 0.522. The summed E-state index contributed by atoms with van der Waals surface area (Å²) in [6.45, 7) is -0.0974. The third kappa shape index (κ3) is 5.96. The second-order valence-electron chi connectivity index (χ2n) is 1.86. The molecule has 0 radical (unpaired) electrons. The largest absolute Gasteiger partial charge is 0.390 e. The molecule has 0 amide bonds. The van der Waals surface area contributed by atoms with E-state index in [-0.39, 0.29) is 6.61 Å². The molecule has 0 saturated heterocycles. The number of ether oxygens (including phenoxy) is 1. The SMILES string of the molecule is COC[C@H](O)CS(=O)(=O)O. The summed E-state index contributed by atoms with van der Waals surface area (Å²) in [5, 5.41) is 8.72. The van der Waals surface area contributed by atoms with Crippen molar-refractivity contribution in [2.24, 2.45) is 0 Å². The lowest BCUT2D eigenvalue weighted by molar-refractivity contribution is 0.0774. The van der Waals surface area contributed by atoms with Crippen LogP contribution in [0.3, 0.4) is 0 Å². The van der Waals surface area contributed by atoms with Crippen LogP contribution in [0.25, 0.3) is 0 Å². The van der Waals surface area contributed by atoms with Gasteiger partial charge in [-0.2, -0.15) is 8.42 Å². The van der Waals surface area contributed by atoms with Crippen molar-refractivity contribution in [3.8, 4) is 0 Å². The van der Waals surface area contributed by atoms with E-state index < -0.39 is 22.0 Å². The minimum atomic E-state index is -4.08. The van der Waals surface area contributed by atoms with Crippen molar-refractivity contribution in [3.63, 3.8) is 0 Å². The van der Waals surface area contributed by atoms with Gasteiger partial charge in [-0.25, -0.2) is 0 Å². The van der Waals surface area contributed by atoms with Gasteiger partial charge >= 0.3 is 0 Å². The van der Waals surface area contributed by atoms with Gasteiger partial charge in [-0.15, -0.1) is 0 Å². The molecule has 0 aromatic heterocycles. The normalized spacial score (nSPS) is 15.1. The summed E-state index contributed by atoms with van der Waals surface area (Å²) in [6.07, 6.45) is -1.15. The number of hydrogen-bond donors (Lipinski definition) is 2. The van der Waals surface area contributed by atoms with E-state index in [2.05, 4.69) is 4.74 Å². The molecule has 0 fully saturated rings. The molecule has 62 valence electrons. The van der Waals surface area contributed by atoms with Crippen LogP contribution in [0.4, 0.5) is 0 Å². The first-order valence-corrected chi connectivity index (χ1v) is 4.19. The number of aliphatic hydroxyl groups excluding tert-OH is 1. The van der Waals surface area contributed by atoms with Crippen molar-refractivity contribution < 1.29 is 22.8 Å². The molecule has 1 atom stereocenters. The highest BCUT2D eigenvalue weighted by Crippen LogP contribution is 1.89. The van der Waals surface area contributed by atoms with Gasteiger partial charge in [0.2, 0.25) is 0 Å². The molecular weight excluding hydrogens is 160 g/mol. The van der Waals surface area contributed by atoms with E-state index in [1.54, 1.807) is 0 Å². The lowest BCUT2D eigenvalue weighted by Gasteiger charge is -2.05. The first-order chi connectivity index (χ1) is 4.45. The second kappa shape index (κ2) is 3.87. The van der Waals surface area contributed by atoms with Crippen molar-refractivity contribution in [3.05, 3.63) is 0 Å². The lowest BCUT2D eigenvalue weighted by Crippen LogP contribution is -2.24. The fourth-order valence-corrected chi connectivity index (χ4v) is 1.07. The Bertz CT molecular complexity index is 172. The number of aliphatic hydroxyl groups is 1. The van der Waals surface area contributed by atoms with Gasteiger partial charge in [0.05, 0.1) is 12.7 Å². The van der Waals surface area contributed by atoms with Gasteiger partial charge in [-0.1, -0.05) is 0 Å². The highest BCUT2D eigenvalue weighted by molar-refractivity contribution is 7.85. The zero-order valence-electron chi connectivity index (χ0n) is 5.52. The van der Waals surface area contributed by atoms with Gasteiger partial charge in [0.1, 0.15) is 5.75 Å². The molecule has 0 heterocycles. The Morgan fingerprint density at radius 2 is 2.10 bits per heavy atom. The van der Waals surface area contributed by atoms with Gasteiger partial charge in [-0.3, -0.25) is 4.55 Å². The summed E-state index contributed by atoms with van der Waals surface area (Å²) in [6, 6.07) is 0. The maximum atomic E-state index is 10.1. The van der Waals surface area contributed by atoms with Crippen molar-refractivity contribution in [2.75, 3.05) is 19.5 Å². The first-order valence-electron chi connectivity index (χ1n) is 2.58. The van der Waals surface area contributed by atoms with Crippen molar-refractivity contribution in [1.82, 2.24) is 0 Å². The van der Waals surface area contributed by atoms with E-state index in [9.17, 15) is 8.42 Å². The number of rotatable bonds is 4. The van der Waals surface area contributed by atoms with Gasteiger partial charge in [0, 0.05) is 7.11 Å². The zero-order chi connectivity index (χ0) is 8.20. The van der Waals surface area contributed by atoms with Gasteiger partial charge in [-0.05, 0) is 0 Å².